The van der Waals surface area contributed by atoms with Crippen molar-refractivity contribution in [3.05, 3.63) is 29.8 Å². The van der Waals surface area contributed by atoms with E-state index in [1.54, 1.807) is 0 Å². The molecule has 2 unspecified atom stereocenters. The highest BCUT2D eigenvalue weighted by atomic mass is 15.1. The maximum atomic E-state index is 3.54. The van der Waals surface area contributed by atoms with Gasteiger partial charge in [0.1, 0.15) is 0 Å². The van der Waals surface area contributed by atoms with Gasteiger partial charge in [-0.15, -0.1) is 0 Å². The molecule has 0 amide bonds. The molecular weight excluding hydrogens is 220 g/mol. The van der Waals surface area contributed by atoms with Gasteiger partial charge in [0.25, 0.3) is 0 Å². The summed E-state index contributed by atoms with van der Waals surface area (Å²) < 4.78 is 0. The van der Waals surface area contributed by atoms with E-state index in [1.165, 1.54) is 17.7 Å². The highest BCUT2D eigenvalue weighted by Gasteiger charge is 2.22. The molecule has 102 valence electrons. The second kappa shape index (κ2) is 6.24. The Morgan fingerprint density at radius 2 is 1.67 bits per heavy atom. The van der Waals surface area contributed by atoms with Gasteiger partial charge in [-0.25, -0.2) is 0 Å². The Morgan fingerprint density at radius 1 is 1.11 bits per heavy atom. The Kier molecular flexibility index (Phi) is 5.21. The van der Waals surface area contributed by atoms with Crippen LogP contribution in [-0.4, -0.2) is 13.2 Å². The first-order valence-corrected chi connectivity index (χ1v) is 6.92. The smallest absolute Gasteiger partial charge is 0.0815 e. The maximum absolute atomic E-state index is 3.54. The van der Waals surface area contributed by atoms with Crippen molar-refractivity contribution in [1.82, 2.24) is 5.32 Å². The van der Waals surface area contributed by atoms with Gasteiger partial charge in [0.15, 0.2) is 0 Å². The van der Waals surface area contributed by atoms with E-state index in [0.29, 0.717) is 5.92 Å². The van der Waals surface area contributed by atoms with E-state index >= 15 is 0 Å². The Hall–Kier alpha value is -1.02. The Balaban J connectivity index is 2.74. The highest BCUT2D eigenvalue weighted by Crippen LogP contribution is 2.24. The van der Waals surface area contributed by atoms with Crippen LogP contribution in [-0.2, 0) is 0 Å². The van der Waals surface area contributed by atoms with Crippen molar-refractivity contribution in [3.63, 3.8) is 0 Å². The van der Waals surface area contributed by atoms with Crippen molar-refractivity contribution < 1.29 is 0 Å². The molecule has 1 aromatic rings. The number of benzene rings is 1. The summed E-state index contributed by atoms with van der Waals surface area (Å²) in [6.07, 6.45) is 1.46. The lowest BCUT2D eigenvalue weighted by Crippen LogP contribution is -2.44. The molecule has 1 aromatic carbocycles. The van der Waals surface area contributed by atoms with Crippen LogP contribution < -0.4 is 10.6 Å². The quantitative estimate of drug-likeness (QED) is 0.763. The van der Waals surface area contributed by atoms with Crippen molar-refractivity contribution in [2.45, 2.75) is 53.1 Å². The third kappa shape index (κ3) is 4.02. The SMILES string of the molecule is CCC(C)c1ccc(NC(NC)C(C)(C)C)cc1. The fourth-order valence-electron chi connectivity index (χ4n) is 2.03. The summed E-state index contributed by atoms with van der Waals surface area (Å²) in [7, 11) is 2.00. The van der Waals surface area contributed by atoms with Gasteiger partial charge in [-0.1, -0.05) is 46.8 Å². The molecule has 2 heteroatoms. The number of nitrogens with one attached hydrogen (secondary N) is 2. The van der Waals surface area contributed by atoms with E-state index < -0.39 is 0 Å². The zero-order chi connectivity index (χ0) is 13.8. The van der Waals surface area contributed by atoms with E-state index in [-0.39, 0.29) is 11.6 Å². The molecule has 0 aromatic heterocycles. The van der Waals surface area contributed by atoms with Crippen molar-refractivity contribution in [2.75, 3.05) is 12.4 Å². The molecule has 0 fully saturated rings. The molecular formula is C16H28N2. The summed E-state index contributed by atoms with van der Waals surface area (Å²) in [5, 5.41) is 6.87. The van der Waals surface area contributed by atoms with Crippen LogP contribution in [0.15, 0.2) is 24.3 Å². The lowest BCUT2D eigenvalue weighted by atomic mass is 9.92. The van der Waals surface area contributed by atoms with Gasteiger partial charge < -0.3 is 10.6 Å². The van der Waals surface area contributed by atoms with Gasteiger partial charge in [-0.3, -0.25) is 0 Å². The van der Waals surface area contributed by atoms with Gasteiger partial charge >= 0.3 is 0 Å². The molecule has 0 heterocycles. The molecule has 2 atom stereocenters. The van der Waals surface area contributed by atoms with Crippen LogP contribution in [0, 0.1) is 5.41 Å². The van der Waals surface area contributed by atoms with E-state index in [4.69, 9.17) is 0 Å². The van der Waals surface area contributed by atoms with Crippen molar-refractivity contribution in [2.24, 2.45) is 5.41 Å². The third-order valence-electron chi connectivity index (χ3n) is 3.56. The molecule has 0 saturated heterocycles. The Bertz CT molecular complexity index is 348. The van der Waals surface area contributed by atoms with Crippen LogP contribution in [0.2, 0.25) is 0 Å². The zero-order valence-corrected chi connectivity index (χ0v) is 12.7. The van der Waals surface area contributed by atoms with Crippen LogP contribution in [0.4, 0.5) is 5.69 Å². The van der Waals surface area contributed by atoms with Crippen molar-refractivity contribution in [3.8, 4) is 0 Å². The minimum atomic E-state index is 0.185. The second-order valence-electron chi connectivity index (χ2n) is 6.16. The van der Waals surface area contributed by atoms with Gasteiger partial charge in [0.05, 0.1) is 6.17 Å². The zero-order valence-electron chi connectivity index (χ0n) is 12.7. The van der Waals surface area contributed by atoms with E-state index in [1.807, 2.05) is 7.05 Å². The normalized spacial score (nSPS) is 15.2. The van der Waals surface area contributed by atoms with Crippen LogP contribution in [0.3, 0.4) is 0 Å². The monoisotopic (exact) mass is 248 g/mol. The molecule has 0 aliphatic heterocycles. The van der Waals surface area contributed by atoms with Gasteiger partial charge in [-0.2, -0.15) is 0 Å². The van der Waals surface area contributed by atoms with Gasteiger partial charge in [-0.05, 0) is 42.5 Å². The molecule has 0 radical (unpaired) electrons. The minimum absolute atomic E-state index is 0.185. The standard InChI is InChI=1S/C16H28N2/c1-7-12(2)13-8-10-14(11-9-13)18-15(17-6)16(3,4)5/h8-12,15,17-18H,7H2,1-6H3. The van der Waals surface area contributed by atoms with Crippen molar-refractivity contribution in [1.29, 1.82) is 0 Å². The summed E-state index contributed by atoms with van der Waals surface area (Å²) in [4.78, 5) is 0. The van der Waals surface area contributed by atoms with Crippen molar-refractivity contribution >= 4 is 5.69 Å². The molecule has 0 aliphatic carbocycles. The lowest BCUT2D eigenvalue weighted by molar-refractivity contribution is 0.309. The highest BCUT2D eigenvalue weighted by molar-refractivity contribution is 5.46. The predicted octanol–water partition coefficient (Wildman–Crippen LogP) is 4.20. The summed E-state index contributed by atoms with van der Waals surface area (Å²) >= 11 is 0. The average molecular weight is 248 g/mol. The van der Waals surface area contributed by atoms with Crippen LogP contribution in [0.5, 0.6) is 0 Å². The summed E-state index contributed by atoms with van der Waals surface area (Å²) in [5.74, 6) is 0.641. The molecule has 18 heavy (non-hydrogen) atoms. The van der Waals surface area contributed by atoms with Gasteiger partial charge in [0, 0.05) is 5.69 Å². The van der Waals surface area contributed by atoms with Crippen LogP contribution >= 0.6 is 0 Å². The fourth-order valence-corrected chi connectivity index (χ4v) is 2.03. The molecule has 2 nitrogen and oxygen atoms in total. The molecule has 0 aliphatic rings. The first kappa shape index (κ1) is 15.0. The fraction of sp³-hybridized carbons (Fsp3) is 0.625. The summed E-state index contributed by atoms with van der Waals surface area (Å²) in [6.45, 7) is 11.2. The third-order valence-corrected chi connectivity index (χ3v) is 3.56. The van der Waals surface area contributed by atoms with Crippen LogP contribution in [0.25, 0.3) is 0 Å². The van der Waals surface area contributed by atoms with E-state index in [9.17, 15) is 0 Å². The molecule has 2 N–H and O–H groups in total. The summed E-state index contributed by atoms with van der Waals surface area (Å²) in [6, 6.07) is 8.81. The van der Waals surface area contributed by atoms with Gasteiger partial charge in [0.2, 0.25) is 0 Å². The number of rotatable bonds is 5. The maximum Gasteiger partial charge on any atom is 0.0815 e. The average Bonchev–Trinajstić information content (AvgIpc) is 2.34. The number of anilines is 1. The molecule has 0 saturated carbocycles. The molecule has 0 bridgehead atoms. The van der Waals surface area contributed by atoms with Crippen LogP contribution in [0.1, 0.15) is 52.5 Å². The second-order valence-corrected chi connectivity index (χ2v) is 6.16. The minimum Gasteiger partial charge on any atom is -0.369 e. The van der Waals surface area contributed by atoms with E-state index in [0.717, 1.165) is 0 Å². The number of hydrogen-bond acceptors (Lipinski definition) is 2. The topological polar surface area (TPSA) is 24.1 Å². The number of hydrogen-bond donors (Lipinski definition) is 2. The first-order valence-electron chi connectivity index (χ1n) is 6.92. The Morgan fingerprint density at radius 3 is 2.06 bits per heavy atom. The van der Waals surface area contributed by atoms with E-state index in [2.05, 4.69) is 69.5 Å². The largest absolute Gasteiger partial charge is 0.369 e. The first-order chi connectivity index (χ1) is 8.38. The Labute approximate surface area is 112 Å². The summed E-state index contributed by atoms with van der Waals surface area (Å²) in [5.41, 5.74) is 2.78. The molecule has 0 spiro atoms. The molecule has 1 rings (SSSR count). The lowest BCUT2D eigenvalue weighted by Gasteiger charge is -2.32. The predicted molar refractivity (Wildman–Crippen MR) is 81.1 cm³/mol.